The molecular weight excluding hydrogens is 248 g/mol. The lowest BCUT2D eigenvalue weighted by Gasteiger charge is -2.17. The molecule has 0 aliphatic heterocycles. The highest BCUT2D eigenvalue weighted by atomic mass is 28.2. The van der Waals surface area contributed by atoms with Crippen molar-refractivity contribution >= 4 is 9.76 Å². The Balaban J connectivity index is 2.10. The zero-order valence-corrected chi connectivity index (χ0v) is 13.0. The minimum absolute atomic E-state index is 0.472. The van der Waals surface area contributed by atoms with Gasteiger partial charge in [-0.15, -0.1) is 0 Å². The largest absolute Gasteiger partial charge is 0.423 e. The van der Waals surface area contributed by atoms with Crippen LogP contribution < -0.4 is 0 Å². The maximum atomic E-state index is 5.98. The molecule has 0 aromatic heterocycles. The van der Waals surface area contributed by atoms with Crippen molar-refractivity contribution in [3.05, 3.63) is 71.8 Å². The van der Waals surface area contributed by atoms with Crippen LogP contribution in [0.3, 0.4) is 0 Å². The molecule has 0 bridgehead atoms. The van der Waals surface area contributed by atoms with Crippen LogP contribution in [0, 0.1) is 0 Å². The predicted molar refractivity (Wildman–Crippen MR) is 84.1 cm³/mol. The molecule has 2 rings (SSSR count). The Morgan fingerprint density at radius 3 is 1.89 bits per heavy atom. The molecule has 0 heterocycles. The summed E-state index contributed by atoms with van der Waals surface area (Å²) < 4.78 is 5.98. The van der Waals surface area contributed by atoms with E-state index in [9.17, 15) is 0 Å². The van der Waals surface area contributed by atoms with Crippen LogP contribution in [-0.4, -0.2) is 16.4 Å². The van der Waals surface area contributed by atoms with Gasteiger partial charge in [-0.2, -0.15) is 0 Å². The maximum Gasteiger partial charge on any atom is 0.173 e. The third kappa shape index (κ3) is 4.34. The summed E-state index contributed by atoms with van der Waals surface area (Å²) in [5, 5.41) is 0. The van der Waals surface area contributed by atoms with Gasteiger partial charge in [0, 0.05) is 12.1 Å². The van der Waals surface area contributed by atoms with E-state index < -0.39 is 9.76 Å². The number of benzene rings is 2. The summed E-state index contributed by atoms with van der Waals surface area (Å²) in [5.41, 5.74) is 3.24. The number of rotatable bonds is 7. The van der Waals surface area contributed by atoms with Crippen LogP contribution in [0.5, 0.6) is 0 Å². The van der Waals surface area contributed by atoms with E-state index in [1.165, 1.54) is 24.0 Å². The minimum Gasteiger partial charge on any atom is -0.423 e. The summed E-state index contributed by atoms with van der Waals surface area (Å²) in [6.07, 6.45) is 2.37. The molecule has 0 fully saturated rings. The van der Waals surface area contributed by atoms with Gasteiger partial charge in [0.15, 0.2) is 9.76 Å². The fourth-order valence-electron chi connectivity index (χ4n) is 2.20. The standard InChI is InChI=1S/C17H22OSi/c1-2-3-14-18-19-17(15-10-6-4-7-11-15)16-12-8-5-9-13-16/h4-13,17H,2-3,14,19H2,1H3. The van der Waals surface area contributed by atoms with E-state index in [-0.39, 0.29) is 0 Å². The maximum absolute atomic E-state index is 5.98. The van der Waals surface area contributed by atoms with Gasteiger partial charge in [-0.25, -0.2) is 0 Å². The molecule has 100 valence electrons. The SMILES string of the molecule is CCCCO[SiH2]C(c1ccccc1)c1ccccc1. The average Bonchev–Trinajstić information content (AvgIpc) is 2.49. The lowest BCUT2D eigenvalue weighted by molar-refractivity contribution is 0.323. The highest BCUT2D eigenvalue weighted by molar-refractivity contribution is 6.31. The zero-order valence-electron chi connectivity index (χ0n) is 11.6. The van der Waals surface area contributed by atoms with E-state index in [0.29, 0.717) is 5.54 Å². The summed E-state index contributed by atoms with van der Waals surface area (Å²) in [5.74, 6) is 0. The van der Waals surface area contributed by atoms with Gasteiger partial charge in [-0.05, 0) is 17.5 Å². The molecular formula is C17H22OSi. The summed E-state index contributed by atoms with van der Waals surface area (Å²) in [6, 6.07) is 21.5. The molecule has 19 heavy (non-hydrogen) atoms. The van der Waals surface area contributed by atoms with E-state index in [1.807, 2.05) is 0 Å². The van der Waals surface area contributed by atoms with Gasteiger partial charge in [0.2, 0.25) is 0 Å². The van der Waals surface area contributed by atoms with Crippen molar-refractivity contribution in [2.24, 2.45) is 0 Å². The normalized spacial score (nSPS) is 11.5. The van der Waals surface area contributed by atoms with Crippen molar-refractivity contribution in [2.75, 3.05) is 6.61 Å². The zero-order chi connectivity index (χ0) is 13.3. The number of hydrogen-bond donors (Lipinski definition) is 0. The van der Waals surface area contributed by atoms with Crippen LogP contribution >= 0.6 is 0 Å². The van der Waals surface area contributed by atoms with Gasteiger partial charge < -0.3 is 4.43 Å². The third-order valence-electron chi connectivity index (χ3n) is 3.33. The van der Waals surface area contributed by atoms with E-state index in [2.05, 4.69) is 67.6 Å². The third-order valence-corrected chi connectivity index (χ3v) is 5.13. The van der Waals surface area contributed by atoms with Crippen LogP contribution in [0.4, 0.5) is 0 Å². The van der Waals surface area contributed by atoms with Crippen molar-refractivity contribution < 1.29 is 4.43 Å². The lowest BCUT2D eigenvalue weighted by Crippen LogP contribution is -2.14. The van der Waals surface area contributed by atoms with Crippen molar-refractivity contribution in [2.45, 2.75) is 25.3 Å². The Hall–Kier alpha value is -1.38. The number of unbranched alkanes of at least 4 members (excludes halogenated alkanes) is 1. The molecule has 0 saturated carbocycles. The molecule has 2 aromatic carbocycles. The van der Waals surface area contributed by atoms with E-state index >= 15 is 0 Å². The van der Waals surface area contributed by atoms with Gasteiger partial charge in [0.1, 0.15) is 0 Å². The summed E-state index contributed by atoms with van der Waals surface area (Å²) in [6.45, 7) is 3.12. The Kier molecular flexibility index (Phi) is 5.85. The second-order valence-electron chi connectivity index (χ2n) is 4.80. The lowest BCUT2D eigenvalue weighted by atomic mass is 10.0. The monoisotopic (exact) mass is 270 g/mol. The van der Waals surface area contributed by atoms with Crippen molar-refractivity contribution in [3.8, 4) is 0 Å². The second kappa shape index (κ2) is 7.92. The van der Waals surface area contributed by atoms with Gasteiger partial charge in [0.05, 0.1) is 0 Å². The quantitative estimate of drug-likeness (QED) is 0.551. The fraction of sp³-hybridized carbons (Fsp3) is 0.294. The molecule has 0 atom stereocenters. The molecule has 0 saturated heterocycles. The van der Waals surface area contributed by atoms with Crippen LogP contribution in [0.2, 0.25) is 0 Å². The Morgan fingerprint density at radius 1 is 0.895 bits per heavy atom. The van der Waals surface area contributed by atoms with Gasteiger partial charge in [-0.3, -0.25) is 0 Å². The summed E-state index contributed by atoms with van der Waals surface area (Å²) >= 11 is 0. The van der Waals surface area contributed by atoms with Gasteiger partial charge >= 0.3 is 0 Å². The molecule has 0 aliphatic rings. The predicted octanol–water partition coefficient (Wildman–Crippen LogP) is 3.68. The fourth-order valence-corrected chi connectivity index (χ4v) is 3.74. The van der Waals surface area contributed by atoms with Crippen LogP contribution in [-0.2, 0) is 4.43 Å². The molecule has 2 heteroatoms. The molecule has 0 unspecified atom stereocenters. The average molecular weight is 270 g/mol. The van der Waals surface area contributed by atoms with Gasteiger partial charge in [0.25, 0.3) is 0 Å². The molecule has 0 amide bonds. The topological polar surface area (TPSA) is 9.23 Å². The first-order valence-electron chi connectivity index (χ1n) is 7.09. The van der Waals surface area contributed by atoms with E-state index in [1.54, 1.807) is 0 Å². The van der Waals surface area contributed by atoms with Crippen molar-refractivity contribution in [3.63, 3.8) is 0 Å². The molecule has 0 spiro atoms. The van der Waals surface area contributed by atoms with Crippen LogP contribution in [0.1, 0.15) is 36.4 Å². The second-order valence-corrected chi connectivity index (χ2v) is 6.36. The van der Waals surface area contributed by atoms with Crippen LogP contribution in [0.15, 0.2) is 60.7 Å². The highest BCUT2D eigenvalue weighted by Crippen LogP contribution is 2.23. The van der Waals surface area contributed by atoms with Crippen molar-refractivity contribution in [1.82, 2.24) is 0 Å². The van der Waals surface area contributed by atoms with Crippen molar-refractivity contribution in [1.29, 1.82) is 0 Å². The van der Waals surface area contributed by atoms with Crippen LogP contribution in [0.25, 0.3) is 0 Å². The Labute approximate surface area is 118 Å². The highest BCUT2D eigenvalue weighted by Gasteiger charge is 2.14. The molecule has 0 aliphatic carbocycles. The molecule has 0 radical (unpaired) electrons. The summed E-state index contributed by atoms with van der Waals surface area (Å²) in [7, 11) is -0.592. The van der Waals surface area contributed by atoms with E-state index in [0.717, 1.165) is 6.61 Å². The first kappa shape index (κ1) is 14.0. The smallest absolute Gasteiger partial charge is 0.173 e. The van der Waals surface area contributed by atoms with Gasteiger partial charge in [-0.1, -0.05) is 74.0 Å². The minimum atomic E-state index is -0.592. The Bertz CT molecular complexity index is 416. The molecule has 2 aromatic rings. The van der Waals surface area contributed by atoms with E-state index in [4.69, 9.17) is 4.43 Å². The summed E-state index contributed by atoms with van der Waals surface area (Å²) in [4.78, 5) is 0. The number of hydrogen-bond acceptors (Lipinski definition) is 1. The molecule has 1 nitrogen and oxygen atoms in total. The first-order chi connectivity index (χ1) is 9.42. The molecule has 0 N–H and O–H groups in total. The Morgan fingerprint density at radius 2 is 1.42 bits per heavy atom. The first-order valence-corrected chi connectivity index (χ1v) is 8.49.